The van der Waals surface area contributed by atoms with Crippen LogP contribution < -0.4 is 5.32 Å². The van der Waals surface area contributed by atoms with Crippen LogP contribution in [0.5, 0.6) is 0 Å². The molecule has 3 rings (SSSR count). The Morgan fingerprint density at radius 1 is 0.960 bits per heavy atom. The molecule has 8 heteroatoms. The molecule has 0 radical (unpaired) electrons. The Hall–Kier alpha value is -2.45. The molecular weight excluding hydrogens is 413 g/mol. The first kappa shape index (κ1) is 17.4. The lowest BCUT2D eigenvalue weighted by Gasteiger charge is -2.03. The van der Waals surface area contributed by atoms with Crippen molar-refractivity contribution in [2.24, 2.45) is 0 Å². The van der Waals surface area contributed by atoms with Crippen molar-refractivity contribution < 1.29 is 22.0 Å². The maximum atomic E-state index is 12.9. The lowest BCUT2D eigenvalue weighted by atomic mass is 10.3. The number of carbonyl (C=O) groups excluding carboxylic acids is 1. The molecule has 3 aromatic rings. The molecule has 0 unspecified atom stereocenters. The van der Waals surface area contributed by atoms with Gasteiger partial charge in [-0.3, -0.25) is 4.79 Å². The van der Waals surface area contributed by atoms with Crippen molar-refractivity contribution in [2.45, 2.75) is 9.99 Å². The van der Waals surface area contributed by atoms with Crippen LogP contribution in [-0.4, -0.2) is 14.3 Å². The average Bonchev–Trinajstić information content (AvgIpc) is 3.08. The summed E-state index contributed by atoms with van der Waals surface area (Å²) in [5, 5.41) is 2.16. The summed E-state index contributed by atoms with van der Waals surface area (Å²) in [6.07, 6.45) is 0. The van der Waals surface area contributed by atoms with Gasteiger partial charge in [0.05, 0.1) is 4.90 Å². The first-order valence-corrected chi connectivity index (χ1v) is 9.31. The van der Waals surface area contributed by atoms with Gasteiger partial charge in [-0.25, -0.2) is 12.8 Å². The largest absolute Gasteiger partial charge is 0.439 e. The lowest BCUT2D eigenvalue weighted by molar-refractivity contribution is 0.0991. The van der Waals surface area contributed by atoms with Gasteiger partial charge < -0.3 is 9.73 Å². The standard InChI is InChI=1S/C17H11BrFNO4S/c18-11-1-7-14(8-2-11)25(22,23)16-10-9-15(24-16)17(21)20-13-5-3-12(19)4-6-13/h1-10H,(H,20,21). The summed E-state index contributed by atoms with van der Waals surface area (Å²) in [5.74, 6) is -1.23. The number of hydrogen-bond donors (Lipinski definition) is 1. The summed E-state index contributed by atoms with van der Waals surface area (Å²) in [4.78, 5) is 12.2. The maximum absolute atomic E-state index is 12.9. The Morgan fingerprint density at radius 2 is 1.60 bits per heavy atom. The molecule has 1 N–H and O–H groups in total. The van der Waals surface area contributed by atoms with Crippen LogP contribution >= 0.6 is 15.9 Å². The van der Waals surface area contributed by atoms with Gasteiger partial charge in [-0.15, -0.1) is 0 Å². The van der Waals surface area contributed by atoms with E-state index < -0.39 is 21.6 Å². The minimum Gasteiger partial charge on any atom is -0.439 e. The molecule has 0 aliphatic rings. The Kier molecular flexibility index (Phi) is 4.73. The third kappa shape index (κ3) is 3.80. The molecule has 1 heterocycles. The molecule has 5 nitrogen and oxygen atoms in total. The van der Waals surface area contributed by atoms with Crippen LogP contribution in [0.2, 0.25) is 0 Å². The van der Waals surface area contributed by atoms with Crippen LogP contribution in [0.15, 0.2) is 79.5 Å². The van der Waals surface area contributed by atoms with Gasteiger partial charge in [0.15, 0.2) is 5.76 Å². The third-order valence-corrected chi connectivity index (χ3v) is 5.47. The van der Waals surface area contributed by atoms with E-state index in [0.717, 1.165) is 4.47 Å². The Labute approximate surface area is 151 Å². The minimum absolute atomic E-state index is 0.0514. The van der Waals surface area contributed by atoms with E-state index in [9.17, 15) is 17.6 Å². The van der Waals surface area contributed by atoms with Gasteiger partial charge in [0.1, 0.15) is 5.82 Å². The smallest absolute Gasteiger partial charge is 0.291 e. The minimum atomic E-state index is -3.86. The molecule has 0 aliphatic heterocycles. The Bertz CT molecular complexity index is 1010. The molecule has 0 spiro atoms. The highest BCUT2D eigenvalue weighted by Crippen LogP contribution is 2.24. The van der Waals surface area contributed by atoms with Crippen LogP contribution in [0.1, 0.15) is 10.6 Å². The van der Waals surface area contributed by atoms with Crippen LogP contribution in [0.25, 0.3) is 0 Å². The molecule has 1 aromatic heterocycles. The predicted molar refractivity (Wildman–Crippen MR) is 92.7 cm³/mol. The molecule has 128 valence electrons. The first-order chi connectivity index (χ1) is 11.9. The number of carbonyl (C=O) groups is 1. The Morgan fingerprint density at radius 3 is 2.24 bits per heavy atom. The molecule has 1 amide bonds. The number of rotatable bonds is 4. The molecule has 0 saturated carbocycles. The van der Waals surface area contributed by atoms with Crippen LogP contribution in [-0.2, 0) is 9.84 Å². The molecule has 2 aromatic carbocycles. The molecule has 25 heavy (non-hydrogen) atoms. The van der Waals surface area contributed by atoms with Gasteiger partial charge in [0.2, 0.25) is 14.9 Å². The number of benzene rings is 2. The lowest BCUT2D eigenvalue weighted by Crippen LogP contribution is -2.11. The summed E-state index contributed by atoms with van der Waals surface area (Å²) >= 11 is 3.23. The Balaban J connectivity index is 1.82. The summed E-state index contributed by atoms with van der Waals surface area (Å²) in [5.41, 5.74) is 0.361. The fourth-order valence-corrected chi connectivity index (χ4v) is 3.48. The summed E-state index contributed by atoms with van der Waals surface area (Å²) in [6, 6.07) is 13.7. The monoisotopic (exact) mass is 423 g/mol. The van der Waals surface area contributed by atoms with Gasteiger partial charge in [-0.1, -0.05) is 15.9 Å². The highest BCUT2D eigenvalue weighted by molar-refractivity contribution is 9.10. The van der Waals surface area contributed by atoms with E-state index in [2.05, 4.69) is 21.2 Å². The molecule has 0 atom stereocenters. The van der Waals surface area contributed by atoms with E-state index in [1.54, 1.807) is 12.1 Å². The normalized spacial score (nSPS) is 11.3. The van der Waals surface area contributed by atoms with Crippen LogP contribution in [0, 0.1) is 5.82 Å². The van der Waals surface area contributed by atoms with E-state index in [1.807, 2.05) is 0 Å². The van der Waals surface area contributed by atoms with Gasteiger partial charge in [-0.05, 0) is 60.7 Å². The van der Waals surface area contributed by atoms with Gasteiger partial charge in [-0.2, -0.15) is 0 Å². The zero-order valence-electron chi connectivity index (χ0n) is 12.6. The predicted octanol–water partition coefficient (Wildman–Crippen LogP) is 4.27. The van der Waals surface area contributed by atoms with E-state index in [4.69, 9.17) is 4.42 Å². The van der Waals surface area contributed by atoms with Crippen molar-refractivity contribution in [2.75, 3.05) is 5.32 Å². The number of hydrogen-bond acceptors (Lipinski definition) is 4. The van der Waals surface area contributed by atoms with Gasteiger partial charge >= 0.3 is 0 Å². The maximum Gasteiger partial charge on any atom is 0.291 e. The van der Waals surface area contributed by atoms with Crippen molar-refractivity contribution >= 4 is 37.4 Å². The van der Waals surface area contributed by atoms with Crippen molar-refractivity contribution in [3.63, 3.8) is 0 Å². The average molecular weight is 424 g/mol. The molecular formula is C17H11BrFNO4S. The second-order valence-corrected chi connectivity index (χ2v) is 7.83. The summed E-state index contributed by atoms with van der Waals surface area (Å²) in [6.45, 7) is 0. The fourth-order valence-electron chi connectivity index (χ4n) is 2.04. The number of anilines is 1. The molecule has 0 aliphatic carbocycles. The second-order valence-electron chi connectivity index (χ2n) is 5.04. The number of amides is 1. The zero-order valence-corrected chi connectivity index (χ0v) is 15.0. The van der Waals surface area contributed by atoms with Crippen molar-refractivity contribution in [3.05, 3.63) is 76.7 Å². The highest BCUT2D eigenvalue weighted by atomic mass is 79.9. The van der Waals surface area contributed by atoms with Crippen LogP contribution in [0.4, 0.5) is 10.1 Å². The number of halogens is 2. The quantitative estimate of drug-likeness (QED) is 0.679. The third-order valence-electron chi connectivity index (χ3n) is 3.30. The zero-order chi connectivity index (χ0) is 18.0. The van der Waals surface area contributed by atoms with Crippen molar-refractivity contribution in [1.29, 1.82) is 0 Å². The summed E-state index contributed by atoms with van der Waals surface area (Å²) < 4.78 is 43.8. The van der Waals surface area contributed by atoms with E-state index in [1.165, 1.54) is 48.5 Å². The van der Waals surface area contributed by atoms with Crippen molar-refractivity contribution in [1.82, 2.24) is 0 Å². The highest BCUT2D eigenvalue weighted by Gasteiger charge is 2.23. The van der Waals surface area contributed by atoms with Gasteiger partial charge in [0, 0.05) is 10.2 Å². The number of sulfone groups is 1. The second kappa shape index (κ2) is 6.81. The number of furan rings is 1. The SMILES string of the molecule is O=C(Nc1ccc(F)cc1)c1ccc(S(=O)(=O)c2ccc(Br)cc2)o1. The van der Waals surface area contributed by atoms with E-state index in [0.29, 0.717) is 5.69 Å². The van der Waals surface area contributed by atoms with Crippen molar-refractivity contribution in [3.8, 4) is 0 Å². The van der Waals surface area contributed by atoms with Gasteiger partial charge in [0.25, 0.3) is 5.91 Å². The number of nitrogens with one attached hydrogen (secondary N) is 1. The van der Waals surface area contributed by atoms with E-state index >= 15 is 0 Å². The first-order valence-electron chi connectivity index (χ1n) is 7.04. The van der Waals surface area contributed by atoms with E-state index in [-0.39, 0.29) is 15.7 Å². The fraction of sp³-hybridized carbons (Fsp3) is 0. The summed E-state index contributed by atoms with van der Waals surface area (Å²) in [7, 11) is -3.86. The topological polar surface area (TPSA) is 76.4 Å². The molecule has 0 fully saturated rings. The molecule has 0 bridgehead atoms. The molecule has 0 saturated heterocycles. The van der Waals surface area contributed by atoms with Crippen LogP contribution in [0.3, 0.4) is 0 Å².